The first-order valence-corrected chi connectivity index (χ1v) is 6.80. The number of fused-ring (bicyclic) bond motifs is 1. The van der Waals surface area contributed by atoms with Crippen LogP contribution in [0, 0.1) is 0 Å². The van der Waals surface area contributed by atoms with Crippen molar-refractivity contribution in [1.82, 2.24) is 0 Å². The molecule has 0 saturated carbocycles. The van der Waals surface area contributed by atoms with E-state index in [9.17, 15) is 9.59 Å². The predicted octanol–water partition coefficient (Wildman–Crippen LogP) is 1.19. The molecule has 0 bridgehead atoms. The van der Waals surface area contributed by atoms with Crippen molar-refractivity contribution in [2.24, 2.45) is 0 Å². The number of ketones is 1. The minimum atomic E-state index is -0.509. The van der Waals surface area contributed by atoms with Gasteiger partial charge in [0.15, 0.2) is 5.78 Å². The first kappa shape index (κ1) is 13.3. The summed E-state index contributed by atoms with van der Waals surface area (Å²) in [6.07, 6.45) is 0.663. The van der Waals surface area contributed by atoms with E-state index in [4.69, 9.17) is 9.47 Å². The topological polar surface area (TPSA) is 55.8 Å². The standard InChI is InChI=1S/C15H17NO4/c1-16-12-4-2-11(8-10(12)3-5-14(16)17)15(18)13-9-19-6-7-20-13/h2,4,8,13H,3,5-7,9H2,1H3. The van der Waals surface area contributed by atoms with Gasteiger partial charge in [0.05, 0.1) is 19.8 Å². The Morgan fingerprint density at radius 1 is 1.30 bits per heavy atom. The van der Waals surface area contributed by atoms with E-state index < -0.39 is 6.10 Å². The van der Waals surface area contributed by atoms with Gasteiger partial charge >= 0.3 is 0 Å². The molecule has 5 nitrogen and oxygen atoms in total. The molecular formula is C15H17NO4. The van der Waals surface area contributed by atoms with E-state index in [1.165, 1.54) is 0 Å². The van der Waals surface area contributed by atoms with Crippen LogP contribution in [0.1, 0.15) is 22.3 Å². The molecule has 0 spiro atoms. The van der Waals surface area contributed by atoms with Crippen LogP contribution in [-0.2, 0) is 20.7 Å². The number of amides is 1. The molecule has 3 rings (SSSR count). The van der Waals surface area contributed by atoms with Crippen LogP contribution in [-0.4, -0.2) is 44.7 Å². The van der Waals surface area contributed by atoms with E-state index in [-0.39, 0.29) is 11.7 Å². The van der Waals surface area contributed by atoms with Crippen molar-refractivity contribution in [1.29, 1.82) is 0 Å². The highest BCUT2D eigenvalue weighted by Crippen LogP contribution is 2.28. The number of rotatable bonds is 2. The smallest absolute Gasteiger partial charge is 0.227 e. The molecule has 1 amide bonds. The largest absolute Gasteiger partial charge is 0.376 e. The van der Waals surface area contributed by atoms with E-state index >= 15 is 0 Å². The van der Waals surface area contributed by atoms with Crippen molar-refractivity contribution in [3.63, 3.8) is 0 Å². The fourth-order valence-corrected chi connectivity index (χ4v) is 2.63. The van der Waals surface area contributed by atoms with E-state index in [1.807, 2.05) is 12.1 Å². The molecule has 1 aromatic rings. The molecule has 2 aliphatic heterocycles. The number of carbonyl (C=O) groups excluding carboxylic acids is 2. The molecule has 1 saturated heterocycles. The molecule has 0 radical (unpaired) electrons. The van der Waals surface area contributed by atoms with Crippen molar-refractivity contribution in [2.45, 2.75) is 18.9 Å². The van der Waals surface area contributed by atoms with Crippen LogP contribution >= 0.6 is 0 Å². The molecule has 0 N–H and O–H groups in total. The maximum atomic E-state index is 12.3. The van der Waals surface area contributed by atoms with E-state index in [2.05, 4.69) is 0 Å². The quantitative estimate of drug-likeness (QED) is 0.761. The Bertz CT molecular complexity index is 549. The number of hydrogen-bond acceptors (Lipinski definition) is 4. The van der Waals surface area contributed by atoms with Gasteiger partial charge in [-0.15, -0.1) is 0 Å². The first-order valence-electron chi connectivity index (χ1n) is 6.80. The Morgan fingerprint density at radius 3 is 2.90 bits per heavy atom. The van der Waals surface area contributed by atoms with Crippen LogP contribution in [0.4, 0.5) is 5.69 Å². The Balaban J connectivity index is 1.85. The number of Topliss-reactive ketones (excluding diaryl/α,β-unsaturated/α-hetero) is 1. The highest BCUT2D eigenvalue weighted by molar-refractivity contribution is 6.01. The van der Waals surface area contributed by atoms with Crippen molar-refractivity contribution < 1.29 is 19.1 Å². The number of hydrogen-bond donors (Lipinski definition) is 0. The molecule has 2 heterocycles. The SMILES string of the molecule is CN1C(=O)CCc2cc(C(=O)C3COCCO3)ccc21. The highest BCUT2D eigenvalue weighted by Gasteiger charge is 2.26. The fraction of sp³-hybridized carbons (Fsp3) is 0.467. The molecule has 106 valence electrons. The summed E-state index contributed by atoms with van der Waals surface area (Å²) >= 11 is 0. The third-order valence-electron chi connectivity index (χ3n) is 3.82. The molecule has 0 aromatic heterocycles. The number of anilines is 1. The second kappa shape index (κ2) is 5.34. The second-order valence-electron chi connectivity index (χ2n) is 5.09. The molecule has 2 aliphatic rings. The number of carbonyl (C=O) groups is 2. The van der Waals surface area contributed by atoms with Gasteiger partial charge in [-0.1, -0.05) is 0 Å². The second-order valence-corrected chi connectivity index (χ2v) is 5.09. The van der Waals surface area contributed by atoms with Gasteiger partial charge in [0.1, 0.15) is 6.10 Å². The molecule has 20 heavy (non-hydrogen) atoms. The predicted molar refractivity (Wildman–Crippen MR) is 73.1 cm³/mol. The van der Waals surface area contributed by atoms with E-state index in [0.29, 0.717) is 38.2 Å². The summed E-state index contributed by atoms with van der Waals surface area (Å²) in [7, 11) is 1.76. The van der Waals surface area contributed by atoms with Crippen molar-refractivity contribution >= 4 is 17.4 Å². The van der Waals surface area contributed by atoms with Crippen LogP contribution in [0.5, 0.6) is 0 Å². The summed E-state index contributed by atoms with van der Waals surface area (Å²) in [5.41, 5.74) is 2.55. The lowest BCUT2D eigenvalue weighted by molar-refractivity contribution is -0.118. The maximum Gasteiger partial charge on any atom is 0.227 e. The van der Waals surface area contributed by atoms with Crippen LogP contribution in [0.2, 0.25) is 0 Å². The third-order valence-corrected chi connectivity index (χ3v) is 3.82. The molecule has 1 fully saturated rings. The normalized spacial score (nSPS) is 22.6. The summed E-state index contributed by atoms with van der Waals surface area (Å²) in [6.45, 7) is 1.31. The lowest BCUT2D eigenvalue weighted by Gasteiger charge is -2.27. The monoisotopic (exact) mass is 275 g/mol. The fourth-order valence-electron chi connectivity index (χ4n) is 2.63. The van der Waals surface area contributed by atoms with Gasteiger partial charge in [-0.05, 0) is 30.2 Å². The van der Waals surface area contributed by atoms with Gasteiger partial charge in [-0.3, -0.25) is 9.59 Å². The molecule has 0 aliphatic carbocycles. The van der Waals surface area contributed by atoms with Crippen molar-refractivity contribution in [3.05, 3.63) is 29.3 Å². The van der Waals surface area contributed by atoms with Crippen molar-refractivity contribution in [3.8, 4) is 0 Å². The molecule has 1 atom stereocenters. The number of ether oxygens (including phenoxy) is 2. The van der Waals surface area contributed by atoms with Crippen LogP contribution in [0.15, 0.2) is 18.2 Å². The highest BCUT2D eigenvalue weighted by atomic mass is 16.6. The van der Waals surface area contributed by atoms with Gasteiger partial charge in [-0.2, -0.15) is 0 Å². The summed E-state index contributed by atoms with van der Waals surface area (Å²) in [5, 5.41) is 0. The first-order chi connectivity index (χ1) is 9.66. The Kier molecular flexibility index (Phi) is 3.54. The number of aryl methyl sites for hydroxylation is 1. The van der Waals surface area contributed by atoms with Gasteiger partial charge in [-0.25, -0.2) is 0 Å². The summed E-state index contributed by atoms with van der Waals surface area (Å²) < 4.78 is 10.7. The number of benzene rings is 1. The Morgan fingerprint density at radius 2 is 2.15 bits per heavy atom. The van der Waals surface area contributed by atoms with Crippen LogP contribution in [0.3, 0.4) is 0 Å². The van der Waals surface area contributed by atoms with Gasteiger partial charge in [0, 0.05) is 24.7 Å². The summed E-state index contributed by atoms with van der Waals surface area (Å²) in [6, 6.07) is 5.47. The molecular weight excluding hydrogens is 258 g/mol. The lowest BCUT2D eigenvalue weighted by atomic mass is 9.96. The Hall–Kier alpha value is -1.72. The number of nitrogens with zero attached hydrogens (tertiary/aromatic N) is 1. The Labute approximate surface area is 117 Å². The van der Waals surface area contributed by atoms with E-state index in [0.717, 1.165) is 11.3 Å². The van der Waals surface area contributed by atoms with Crippen LogP contribution in [0.25, 0.3) is 0 Å². The summed E-state index contributed by atoms with van der Waals surface area (Å²) in [4.78, 5) is 25.6. The van der Waals surface area contributed by atoms with Crippen LogP contribution < -0.4 is 4.90 Å². The molecule has 1 aromatic carbocycles. The van der Waals surface area contributed by atoms with Gasteiger partial charge < -0.3 is 14.4 Å². The lowest BCUT2D eigenvalue weighted by Crippen LogP contribution is -2.36. The zero-order chi connectivity index (χ0) is 14.1. The van der Waals surface area contributed by atoms with Gasteiger partial charge in [0.2, 0.25) is 5.91 Å². The average Bonchev–Trinajstić information content (AvgIpc) is 2.51. The summed E-state index contributed by atoms with van der Waals surface area (Å²) in [5.74, 6) is 0.0626. The third kappa shape index (κ3) is 2.34. The molecule has 5 heteroatoms. The minimum Gasteiger partial charge on any atom is -0.376 e. The van der Waals surface area contributed by atoms with Crippen molar-refractivity contribution in [2.75, 3.05) is 31.8 Å². The van der Waals surface area contributed by atoms with E-state index in [1.54, 1.807) is 18.0 Å². The average molecular weight is 275 g/mol. The maximum absolute atomic E-state index is 12.3. The zero-order valence-corrected chi connectivity index (χ0v) is 11.4. The molecule has 1 unspecified atom stereocenters. The van der Waals surface area contributed by atoms with Gasteiger partial charge in [0.25, 0.3) is 0 Å². The minimum absolute atomic E-state index is 0.0490. The zero-order valence-electron chi connectivity index (χ0n) is 11.4.